The van der Waals surface area contributed by atoms with E-state index in [1.807, 2.05) is 30.3 Å². The zero-order valence-electron chi connectivity index (χ0n) is 13.2. The van der Waals surface area contributed by atoms with Gasteiger partial charge in [0, 0.05) is 6.20 Å². The molecule has 5 heteroatoms. The predicted molar refractivity (Wildman–Crippen MR) is 87.6 cm³/mol. The van der Waals surface area contributed by atoms with Gasteiger partial charge in [-0.05, 0) is 37.5 Å². The van der Waals surface area contributed by atoms with Crippen molar-refractivity contribution >= 4 is 5.97 Å². The molecular formula is C18H21NO4. The minimum absolute atomic E-state index is 0.106. The largest absolute Gasteiger partial charge is 0.488 e. The van der Waals surface area contributed by atoms with Crippen molar-refractivity contribution in [3.63, 3.8) is 0 Å². The van der Waals surface area contributed by atoms with Gasteiger partial charge in [-0.1, -0.05) is 30.3 Å². The molecule has 0 bridgehead atoms. The number of nitrogens with zero attached hydrogens (tertiary/aromatic N) is 1. The number of aryl methyl sites for hydroxylation is 1. The van der Waals surface area contributed by atoms with E-state index in [-0.39, 0.29) is 17.9 Å². The van der Waals surface area contributed by atoms with E-state index in [4.69, 9.17) is 9.47 Å². The van der Waals surface area contributed by atoms with E-state index in [9.17, 15) is 9.59 Å². The predicted octanol–water partition coefficient (Wildman–Crippen LogP) is 2.42. The lowest BCUT2D eigenvalue weighted by molar-refractivity contribution is -0.144. The van der Waals surface area contributed by atoms with Crippen molar-refractivity contribution < 1.29 is 14.3 Å². The first kappa shape index (κ1) is 16.8. The summed E-state index contributed by atoms with van der Waals surface area (Å²) in [5, 5.41) is 0. The average Bonchev–Trinajstić information content (AvgIpc) is 2.56. The van der Waals surface area contributed by atoms with Crippen molar-refractivity contribution in [1.29, 1.82) is 0 Å². The zero-order chi connectivity index (χ0) is 16.5. The van der Waals surface area contributed by atoms with E-state index in [2.05, 4.69) is 0 Å². The Labute approximate surface area is 135 Å². The molecule has 0 spiro atoms. The van der Waals surface area contributed by atoms with Crippen molar-refractivity contribution in [1.82, 2.24) is 4.57 Å². The topological polar surface area (TPSA) is 57.5 Å². The minimum Gasteiger partial charge on any atom is -0.488 e. The number of pyridine rings is 1. The Hall–Kier alpha value is -2.56. The van der Waals surface area contributed by atoms with Crippen LogP contribution >= 0.6 is 0 Å². The van der Waals surface area contributed by atoms with Crippen molar-refractivity contribution in [2.75, 3.05) is 13.2 Å². The molecule has 23 heavy (non-hydrogen) atoms. The highest BCUT2D eigenvalue weighted by molar-refractivity contribution is 5.69. The van der Waals surface area contributed by atoms with Crippen LogP contribution in [0.3, 0.4) is 0 Å². The number of ether oxygens (including phenoxy) is 2. The molecule has 1 aromatic heterocycles. The lowest BCUT2D eigenvalue weighted by Gasteiger charge is -2.09. The van der Waals surface area contributed by atoms with Crippen LogP contribution in [0.25, 0.3) is 0 Å². The van der Waals surface area contributed by atoms with Crippen LogP contribution in [0.1, 0.15) is 18.9 Å². The number of hydrogen-bond donors (Lipinski definition) is 0. The molecular weight excluding hydrogens is 294 g/mol. The zero-order valence-corrected chi connectivity index (χ0v) is 13.2. The summed E-state index contributed by atoms with van der Waals surface area (Å²) in [6.07, 6.45) is 3.16. The van der Waals surface area contributed by atoms with Crippen LogP contribution in [0.15, 0.2) is 53.5 Å². The highest BCUT2D eigenvalue weighted by Gasteiger charge is 2.09. The van der Waals surface area contributed by atoms with Crippen LogP contribution in [0, 0.1) is 0 Å². The van der Waals surface area contributed by atoms with Gasteiger partial charge in [-0.2, -0.15) is 0 Å². The lowest BCUT2D eigenvalue weighted by Crippen LogP contribution is -2.26. The molecule has 0 aliphatic carbocycles. The molecule has 0 aliphatic rings. The van der Waals surface area contributed by atoms with Gasteiger partial charge in [-0.15, -0.1) is 0 Å². The number of carbonyl (C=O) groups excluding carboxylic acids is 1. The van der Waals surface area contributed by atoms with Gasteiger partial charge in [0.05, 0.1) is 13.2 Å². The summed E-state index contributed by atoms with van der Waals surface area (Å²) in [5.41, 5.74) is 0.889. The number of hydrogen-bond acceptors (Lipinski definition) is 4. The lowest BCUT2D eigenvalue weighted by atomic mass is 10.1. The maximum Gasteiger partial charge on any atom is 0.326 e. The van der Waals surface area contributed by atoms with Gasteiger partial charge < -0.3 is 14.0 Å². The molecule has 0 fully saturated rings. The van der Waals surface area contributed by atoms with E-state index in [1.54, 1.807) is 25.3 Å². The summed E-state index contributed by atoms with van der Waals surface area (Å²) in [6.45, 7) is 2.44. The van der Waals surface area contributed by atoms with E-state index in [0.29, 0.717) is 13.2 Å². The number of esters is 1. The fourth-order valence-corrected chi connectivity index (χ4v) is 2.20. The molecule has 0 unspecified atom stereocenters. The summed E-state index contributed by atoms with van der Waals surface area (Å²) in [4.78, 5) is 23.9. The number of benzene rings is 1. The molecule has 122 valence electrons. The van der Waals surface area contributed by atoms with Gasteiger partial charge in [0.2, 0.25) is 0 Å². The fraction of sp³-hybridized carbons (Fsp3) is 0.333. The van der Waals surface area contributed by atoms with Crippen molar-refractivity contribution in [2.45, 2.75) is 26.3 Å². The SMILES string of the molecule is CCOc1cccn(CC(=O)OCCCc2ccccc2)c1=O. The molecule has 2 rings (SSSR count). The summed E-state index contributed by atoms with van der Waals surface area (Å²) < 4.78 is 11.7. The smallest absolute Gasteiger partial charge is 0.326 e. The number of aromatic nitrogens is 1. The van der Waals surface area contributed by atoms with Gasteiger partial charge in [-0.25, -0.2) is 0 Å². The molecule has 0 radical (unpaired) electrons. The Morgan fingerprint density at radius 2 is 1.91 bits per heavy atom. The van der Waals surface area contributed by atoms with Gasteiger partial charge in [0.25, 0.3) is 5.56 Å². The Kier molecular flexibility index (Phi) is 6.41. The monoisotopic (exact) mass is 315 g/mol. The first-order valence-corrected chi connectivity index (χ1v) is 7.72. The van der Waals surface area contributed by atoms with Gasteiger partial charge in [-0.3, -0.25) is 9.59 Å². The first-order chi connectivity index (χ1) is 11.2. The normalized spacial score (nSPS) is 10.3. The maximum absolute atomic E-state index is 12.0. The van der Waals surface area contributed by atoms with Crippen LogP contribution in [0.2, 0.25) is 0 Å². The molecule has 0 N–H and O–H groups in total. The summed E-state index contributed by atoms with van der Waals surface area (Å²) in [6, 6.07) is 13.3. The van der Waals surface area contributed by atoms with Crippen LogP contribution in [0.5, 0.6) is 5.75 Å². The summed E-state index contributed by atoms with van der Waals surface area (Å²) in [5.74, 6) is -0.180. The Morgan fingerprint density at radius 1 is 1.13 bits per heavy atom. The quantitative estimate of drug-likeness (QED) is 0.554. The van der Waals surface area contributed by atoms with Crippen LogP contribution < -0.4 is 10.3 Å². The Morgan fingerprint density at radius 3 is 2.65 bits per heavy atom. The summed E-state index contributed by atoms with van der Waals surface area (Å²) in [7, 11) is 0. The highest BCUT2D eigenvalue weighted by atomic mass is 16.5. The fourth-order valence-electron chi connectivity index (χ4n) is 2.20. The molecule has 0 aliphatic heterocycles. The number of rotatable bonds is 8. The third kappa shape index (κ3) is 5.29. The standard InChI is InChI=1S/C18H21NO4/c1-2-22-16-11-6-12-19(18(16)21)14-17(20)23-13-7-10-15-8-4-3-5-9-15/h3-6,8-9,11-12H,2,7,10,13-14H2,1H3. The van der Waals surface area contributed by atoms with E-state index >= 15 is 0 Å². The molecule has 0 amide bonds. The average molecular weight is 315 g/mol. The van der Waals surface area contributed by atoms with Crippen molar-refractivity contribution in [3.05, 3.63) is 64.6 Å². The van der Waals surface area contributed by atoms with E-state index in [0.717, 1.165) is 12.8 Å². The van der Waals surface area contributed by atoms with Crippen LogP contribution in [-0.2, 0) is 22.5 Å². The van der Waals surface area contributed by atoms with E-state index < -0.39 is 5.97 Å². The molecule has 1 aromatic carbocycles. The van der Waals surface area contributed by atoms with Gasteiger partial charge in [0.1, 0.15) is 6.54 Å². The van der Waals surface area contributed by atoms with Crippen molar-refractivity contribution in [3.8, 4) is 5.75 Å². The molecule has 0 saturated carbocycles. The van der Waals surface area contributed by atoms with Crippen molar-refractivity contribution in [2.24, 2.45) is 0 Å². The van der Waals surface area contributed by atoms with Crippen LogP contribution in [-0.4, -0.2) is 23.8 Å². The first-order valence-electron chi connectivity index (χ1n) is 7.72. The number of carbonyl (C=O) groups is 1. The van der Waals surface area contributed by atoms with E-state index in [1.165, 1.54) is 10.1 Å². The third-order valence-corrected chi connectivity index (χ3v) is 3.30. The van der Waals surface area contributed by atoms with Gasteiger partial charge >= 0.3 is 5.97 Å². The third-order valence-electron chi connectivity index (χ3n) is 3.30. The maximum atomic E-state index is 12.0. The highest BCUT2D eigenvalue weighted by Crippen LogP contribution is 2.04. The van der Waals surface area contributed by atoms with Crippen LogP contribution in [0.4, 0.5) is 0 Å². The Bertz CT molecular complexity index is 679. The second kappa shape index (κ2) is 8.78. The molecule has 0 atom stereocenters. The second-order valence-electron chi connectivity index (χ2n) is 5.05. The van der Waals surface area contributed by atoms with Gasteiger partial charge in [0.15, 0.2) is 5.75 Å². The second-order valence-corrected chi connectivity index (χ2v) is 5.05. The Balaban J connectivity index is 1.79. The molecule has 0 saturated heterocycles. The minimum atomic E-state index is -0.422. The summed E-state index contributed by atoms with van der Waals surface area (Å²) >= 11 is 0. The molecule has 1 heterocycles. The molecule has 2 aromatic rings. The molecule has 5 nitrogen and oxygen atoms in total.